The van der Waals surface area contributed by atoms with Gasteiger partial charge in [-0.3, -0.25) is 0 Å². The molecule has 0 heterocycles. The van der Waals surface area contributed by atoms with E-state index >= 15 is 0 Å². The van der Waals surface area contributed by atoms with Gasteiger partial charge in [0.2, 0.25) is 15.8 Å². The van der Waals surface area contributed by atoms with Crippen LogP contribution >= 0.6 is 0 Å². The molecule has 0 radical (unpaired) electrons. The summed E-state index contributed by atoms with van der Waals surface area (Å²) in [4.78, 5) is 1.92. The molecule has 22 heavy (non-hydrogen) atoms. The van der Waals surface area contributed by atoms with Crippen LogP contribution in [0.25, 0.3) is 0 Å². The van der Waals surface area contributed by atoms with Gasteiger partial charge in [0.05, 0.1) is 27.6 Å². The minimum atomic E-state index is -3.27. The van der Waals surface area contributed by atoms with Crippen molar-refractivity contribution in [1.29, 1.82) is 0 Å². The highest BCUT2D eigenvalue weighted by Crippen LogP contribution is 2.40. The zero-order valence-electron chi connectivity index (χ0n) is 13.8. The van der Waals surface area contributed by atoms with Gasteiger partial charge in [0.15, 0.2) is 11.5 Å². The Hall–Kier alpha value is -1.51. The molecule has 0 aromatic heterocycles. The molecule has 7 nitrogen and oxygen atoms in total. The van der Waals surface area contributed by atoms with Crippen molar-refractivity contribution in [2.45, 2.75) is 6.04 Å². The summed E-state index contributed by atoms with van der Waals surface area (Å²) in [5, 5.41) is 0. The molecule has 8 heteroatoms. The van der Waals surface area contributed by atoms with Gasteiger partial charge in [-0.25, -0.2) is 13.1 Å². The van der Waals surface area contributed by atoms with Gasteiger partial charge in [0.25, 0.3) is 0 Å². The Morgan fingerprint density at radius 2 is 1.59 bits per heavy atom. The minimum Gasteiger partial charge on any atom is -0.493 e. The van der Waals surface area contributed by atoms with Crippen LogP contribution in [-0.4, -0.2) is 61.5 Å². The fourth-order valence-corrected chi connectivity index (χ4v) is 2.58. The molecule has 0 bridgehead atoms. The third-order valence-electron chi connectivity index (χ3n) is 3.23. The summed E-state index contributed by atoms with van der Waals surface area (Å²) in [5.74, 6) is 1.56. The van der Waals surface area contributed by atoms with E-state index in [1.54, 1.807) is 14.2 Å². The van der Waals surface area contributed by atoms with Gasteiger partial charge in [0.1, 0.15) is 0 Å². The molecule has 0 spiro atoms. The third kappa shape index (κ3) is 4.75. The van der Waals surface area contributed by atoms with Crippen LogP contribution in [0.5, 0.6) is 17.2 Å². The van der Waals surface area contributed by atoms with Crippen molar-refractivity contribution in [3.8, 4) is 17.2 Å². The molecule has 0 saturated carbocycles. The molecule has 0 saturated heterocycles. The Labute approximate surface area is 132 Å². The summed E-state index contributed by atoms with van der Waals surface area (Å²) in [6.07, 6.45) is 1.13. The SMILES string of the molecule is COc1cc(C(CNS(C)(=O)=O)N(C)C)cc(OC)c1OC. The van der Waals surface area contributed by atoms with E-state index in [1.165, 1.54) is 7.11 Å². The topological polar surface area (TPSA) is 77.1 Å². The van der Waals surface area contributed by atoms with Gasteiger partial charge < -0.3 is 19.1 Å². The number of likely N-dealkylation sites (N-methyl/N-ethyl adjacent to an activating group) is 1. The molecule has 1 aromatic carbocycles. The molecule has 0 amide bonds. The fourth-order valence-electron chi connectivity index (χ4n) is 2.12. The number of methoxy groups -OCH3 is 3. The molecule has 1 rings (SSSR count). The van der Waals surface area contributed by atoms with Crippen LogP contribution in [0.4, 0.5) is 0 Å². The van der Waals surface area contributed by atoms with E-state index in [4.69, 9.17) is 14.2 Å². The van der Waals surface area contributed by atoms with Crippen LogP contribution in [-0.2, 0) is 10.0 Å². The molecular formula is C14H24N2O5S. The number of rotatable bonds is 8. The summed E-state index contributed by atoms with van der Waals surface area (Å²) in [6.45, 7) is 0.241. The molecule has 0 aliphatic rings. The molecule has 126 valence electrons. The Bertz CT molecular complexity index is 576. The summed E-state index contributed by atoms with van der Waals surface area (Å²) in [7, 11) is 5.10. The number of nitrogens with zero attached hydrogens (tertiary/aromatic N) is 1. The highest BCUT2D eigenvalue weighted by Gasteiger charge is 2.21. The zero-order chi connectivity index (χ0) is 16.9. The van der Waals surface area contributed by atoms with E-state index in [0.29, 0.717) is 17.2 Å². The van der Waals surface area contributed by atoms with E-state index in [-0.39, 0.29) is 12.6 Å². The second-order valence-corrected chi connectivity index (χ2v) is 6.89. The second kappa shape index (κ2) is 7.66. The maximum Gasteiger partial charge on any atom is 0.208 e. The van der Waals surface area contributed by atoms with Crippen molar-refractivity contribution >= 4 is 10.0 Å². The average molecular weight is 332 g/mol. The van der Waals surface area contributed by atoms with Gasteiger partial charge in [-0.2, -0.15) is 0 Å². The lowest BCUT2D eigenvalue weighted by Gasteiger charge is -2.26. The quantitative estimate of drug-likeness (QED) is 0.761. The standard InChI is InChI=1S/C14H24N2O5S/c1-16(2)11(9-15-22(6,17)18)10-7-12(19-3)14(21-5)13(8-10)20-4/h7-8,11,15H,9H2,1-6H3. The van der Waals surface area contributed by atoms with Gasteiger partial charge in [-0.15, -0.1) is 0 Å². The minimum absolute atomic E-state index is 0.177. The lowest BCUT2D eigenvalue weighted by atomic mass is 10.0. The smallest absolute Gasteiger partial charge is 0.208 e. The van der Waals surface area contributed by atoms with Crippen molar-refractivity contribution in [3.63, 3.8) is 0 Å². The lowest BCUT2D eigenvalue weighted by Crippen LogP contribution is -2.34. The normalized spacial score (nSPS) is 13.0. The predicted molar refractivity (Wildman–Crippen MR) is 85.4 cm³/mol. The monoisotopic (exact) mass is 332 g/mol. The molecule has 1 N–H and O–H groups in total. The van der Waals surface area contributed by atoms with Crippen molar-refractivity contribution in [2.24, 2.45) is 0 Å². The van der Waals surface area contributed by atoms with Gasteiger partial charge in [0, 0.05) is 12.6 Å². The Kier molecular flexibility index (Phi) is 6.46. The highest BCUT2D eigenvalue weighted by molar-refractivity contribution is 7.88. The first kappa shape index (κ1) is 18.5. The largest absolute Gasteiger partial charge is 0.493 e. The van der Waals surface area contributed by atoms with Crippen molar-refractivity contribution < 1.29 is 22.6 Å². The Morgan fingerprint density at radius 1 is 1.09 bits per heavy atom. The first-order chi connectivity index (χ1) is 10.2. The van der Waals surface area contributed by atoms with E-state index in [1.807, 2.05) is 31.1 Å². The maximum absolute atomic E-state index is 11.3. The van der Waals surface area contributed by atoms with Gasteiger partial charge in [-0.1, -0.05) is 0 Å². The van der Waals surface area contributed by atoms with E-state index in [2.05, 4.69) is 4.72 Å². The first-order valence-electron chi connectivity index (χ1n) is 6.64. The van der Waals surface area contributed by atoms with Gasteiger partial charge >= 0.3 is 0 Å². The molecule has 1 atom stereocenters. The number of ether oxygens (including phenoxy) is 3. The zero-order valence-corrected chi connectivity index (χ0v) is 14.7. The number of hydrogen-bond donors (Lipinski definition) is 1. The fraction of sp³-hybridized carbons (Fsp3) is 0.571. The van der Waals surface area contributed by atoms with Crippen LogP contribution in [0, 0.1) is 0 Å². The molecule has 1 unspecified atom stereocenters. The Morgan fingerprint density at radius 3 is 1.91 bits per heavy atom. The van der Waals surface area contributed by atoms with Crippen molar-refractivity contribution in [2.75, 3.05) is 48.2 Å². The van der Waals surface area contributed by atoms with E-state index in [0.717, 1.165) is 11.8 Å². The van der Waals surface area contributed by atoms with Crippen LogP contribution in [0.15, 0.2) is 12.1 Å². The lowest BCUT2D eigenvalue weighted by molar-refractivity contribution is 0.292. The van der Waals surface area contributed by atoms with Crippen LogP contribution in [0.2, 0.25) is 0 Å². The Balaban J connectivity index is 3.25. The number of hydrogen-bond acceptors (Lipinski definition) is 6. The van der Waals surface area contributed by atoms with Crippen LogP contribution in [0.3, 0.4) is 0 Å². The number of sulfonamides is 1. The molecule has 1 aromatic rings. The first-order valence-corrected chi connectivity index (χ1v) is 8.53. The van der Waals surface area contributed by atoms with E-state index < -0.39 is 10.0 Å². The highest BCUT2D eigenvalue weighted by atomic mass is 32.2. The summed E-state index contributed by atoms with van der Waals surface area (Å²) < 4.78 is 41.2. The van der Waals surface area contributed by atoms with Gasteiger partial charge in [-0.05, 0) is 31.8 Å². The van der Waals surface area contributed by atoms with Crippen molar-refractivity contribution in [3.05, 3.63) is 17.7 Å². The van der Waals surface area contributed by atoms with Crippen LogP contribution < -0.4 is 18.9 Å². The summed E-state index contributed by atoms with van der Waals surface area (Å²) >= 11 is 0. The number of nitrogens with one attached hydrogen (secondary N) is 1. The van der Waals surface area contributed by atoms with Crippen LogP contribution in [0.1, 0.15) is 11.6 Å². The second-order valence-electron chi connectivity index (χ2n) is 5.06. The third-order valence-corrected chi connectivity index (χ3v) is 3.93. The maximum atomic E-state index is 11.3. The van der Waals surface area contributed by atoms with Crippen molar-refractivity contribution in [1.82, 2.24) is 9.62 Å². The predicted octanol–water partition coefficient (Wildman–Crippen LogP) is 0.864. The summed E-state index contributed by atoms with van der Waals surface area (Å²) in [6, 6.07) is 3.45. The molecule has 0 aliphatic carbocycles. The molecule has 0 aliphatic heterocycles. The number of benzene rings is 1. The van der Waals surface area contributed by atoms with E-state index in [9.17, 15) is 8.42 Å². The molecular weight excluding hydrogens is 308 g/mol. The molecule has 0 fully saturated rings. The summed E-state index contributed by atoms with van der Waals surface area (Å²) in [5.41, 5.74) is 0.857. The average Bonchev–Trinajstić information content (AvgIpc) is 2.44.